The van der Waals surface area contributed by atoms with Gasteiger partial charge in [0.25, 0.3) is 5.91 Å². The zero-order valence-corrected chi connectivity index (χ0v) is 31.2. The summed E-state index contributed by atoms with van der Waals surface area (Å²) in [5.41, 5.74) is 3.68. The van der Waals surface area contributed by atoms with Crippen molar-refractivity contribution in [3.63, 3.8) is 0 Å². The molecule has 5 fully saturated rings. The normalized spacial score (nSPS) is 27.4. The van der Waals surface area contributed by atoms with Gasteiger partial charge in [-0.1, -0.05) is 72.1 Å². The molecule has 5 atom stereocenters. The van der Waals surface area contributed by atoms with Gasteiger partial charge in [0.2, 0.25) is 17.6 Å². The summed E-state index contributed by atoms with van der Waals surface area (Å²) in [7, 11) is -3.56. The first-order valence-corrected chi connectivity index (χ1v) is 20.1. The van der Waals surface area contributed by atoms with Crippen molar-refractivity contribution in [2.45, 2.75) is 153 Å². The molecule has 1 spiro atoms. The Bertz CT molecular complexity index is 1430. The van der Waals surface area contributed by atoms with Crippen LogP contribution in [0.15, 0.2) is 0 Å². The summed E-state index contributed by atoms with van der Waals surface area (Å²) in [6.07, 6.45) is 10.9. The third-order valence-corrected chi connectivity index (χ3v) is 15.3. The molecule has 0 aromatic carbocycles. The van der Waals surface area contributed by atoms with E-state index < -0.39 is 67.3 Å². The molecule has 49 heavy (non-hydrogen) atoms. The van der Waals surface area contributed by atoms with Crippen molar-refractivity contribution in [1.82, 2.24) is 20.9 Å². The number of primary amides is 1. The maximum atomic E-state index is 14.6. The van der Waals surface area contributed by atoms with Gasteiger partial charge < -0.3 is 26.6 Å². The SMILES string of the molecule is CC(C)(C)[C@H](NC(=O)NC1(CS(=O)(=O)C(C)(C)C)CCCCC1)C(=O)N1CC2[C@@H]([C@H]1C(=O)NC(CC1CCC1)C(=O)C(N)=O)C21CCCC1. The van der Waals surface area contributed by atoms with Gasteiger partial charge in [-0.15, -0.1) is 0 Å². The Kier molecular flexibility index (Phi) is 10.3. The van der Waals surface area contributed by atoms with Gasteiger partial charge >= 0.3 is 6.03 Å². The summed E-state index contributed by atoms with van der Waals surface area (Å²) in [6, 6.07) is -3.50. The number of urea groups is 1. The number of piperidine rings is 1. The zero-order valence-electron chi connectivity index (χ0n) is 30.4. The van der Waals surface area contributed by atoms with Crippen molar-refractivity contribution in [2.24, 2.45) is 34.3 Å². The highest BCUT2D eigenvalue weighted by Gasteiger charge is 2.74. The number of hydrogen-bond donors (Lipinski definition) is 4. The van der Waals surface area contributed by atoms with Crippen molar-refractivity contribution in [2.75, 3.05) is 12.3 Å². The molecular formula is C36H59N5O7S. The Morgan fingerprint density at radius 2 is 1.45 bits per heavy atom. The van der Waals surface area contributed by atoms with Gasteiger partial charge in [0.05, 0.1) is 22.1 Å². The molecule has 5 aliphatic rings. The molecular weight excluding hydrogens is 646 g/mol. The zero-order chi connectivity index (χ0) is 36.2. The van der Waals surface area contributed by atoms with Gasteiger partial charge in [0.1, 0.15) is 12.1 Å². The van der Waals surface area contributed by atoms with Crippen molar-refractivity contribution in [3.05, 3.63) is 0 Å². The van der Waals surface area contributed by atoms with Crippen LogP contribution in [0, 0.1) is 28.6 Å². The molecule has 5 rings (SSSR count). The molecule has 0 radical (unpaired) electrons. The average Bonchev–Trinajstić information content (AvgIpc) is 3.29. The van der Waals surface area contributed by atoms with Crippen molar-refractivity contribution < 1.29 is 32.4 Å². The number of likely N-dealkylation sites (tertiary alicyclic amines) is 1. The first-order valence-electron chi connectivity index (χ1n) is 18.5. The number of ketones is 1. The summed E-state index contributed by atoms with van der Waals surface area (Å²) in [6.45, 7) is 10.9. The van der Waals surface area contributed by atoms with Crippen molar-refractivity contribution in [3.8, 4) is 0 Å². The Balaban J connectivity index is 1.37. The maximum Gasteiger partial charge on any atom is 0.315 e. The predicted octanol–water partition coefficient (Wildman–Crippen LogP) is 3.36. The lowest BCUT2D eigenvalue weighted by Crippen LogP contribution is -2.64. The summed E-state index contributed by atoms with van der Waals surface area (Å²) in [5.74, 6) is -2.62. The number of carbonyl (C=O) groups is 5. The van der Waals surface area contributed by atoms with Crippen LogP contribution in [0.25, 0.3) is 0 Å². The fourth-order valence-corrected chi connectivity index (χ4v) is 10.8. The second-order valence-corrected chi connectivity index (χ2v) is 20.7. The number of carbonyl (C=O) groups excluding carboxylic acids is 5. The molecule has 4 saturated carbocycles. The third kappa shape index (κ3) is 7.52. The summed E-state index contributed by atoms with van der Waals surface area (Å²) < 4.78 is 25.7. The first-order chi connectivity index (χ1) is 22.7. The number of hydrogen-bond acceptors (Lipinski definition) is 7. The topological polar surface area (TPSA) is 185 Å². The van der Waals surface area contributed by atoms with Gasteiger partial charge in [-0.2, -0.15) is 0 Å². The van der Waals surface area contributed by atoms with E-state index in [2.05, 4.69) is 16.0 Å². The molecule has 0 aromatic rings. The molecule has 0 bridgehead atoms. The summed E-state index contributed by atoms with van der Waals surface area (Å²) >= 11 is 0. The molecule has 12 nitrogen and oxygen atoms in total. The highest BCUT2D eigenvalue weighted by atomic mass is 32.2. The molecule has 4 aliphatic carbocycles. The number of Topliss-reactive ketones (excluding diaryl/α,β-unsaturated/α-hetero) is 1. The van der Waals surface area contributed by atoms with Gasteiger partial charge in [-0.3, -0.25) is 19.2 Å². The smallest absolute Gasteiger partial charge is 0.315 e. The standard InChI is InChI=1S/C36H59N5O7S/c1-33(2,3)28(39-32(46)40-35(15-8-7-9-16-35)21-49(47,48)34(4,5)6)31(45)41-20-23-25(36(23)17-10-11-18-36)26(41)30(44)38-24(27(42)29(37)43)19-22-13-12-14-22/h22-26,28H,7-21H2,1-6H3,(H2,37,43)(H,38,44)(H2,39,40,46)/t23?,24?,25-,26-,28+/m0/s1. The minimum atomic E-state index is -3.56. The van der Waals surface area contributed by atoms with E-state index in [9.17, 15) is 32.4 Å². The molecule has 2 unspecified atom stereocenters. The quantitative estimate of drug-likeness (QED) is 0.238. The Hall–Kier alpha value is -2.70. The molecule has 5 amide bonds. The Morgan fingerprint density at radius 1 is 0.857 bits per heavy atom. The van der Waals surface area contributed by atoms with E-state index in [0.29, 0.717) is 25.8 Å². The van der Waals surface area contributed by atoms with E-state index in [1.165, 1.54) is 0 Å². The molecule has 1 heterocycles. The van der Waals surface area contributed by atoms with Gasteiger partial charge in [-0.25, -0.2) is 13.2 Å². The lowest BCUT2D eigenvalue weighted by molar-refractivity contribution is -0.145. The number of rotatable bonds is 11. The highest BCUT2D eigenvalue weighted by molar-refractivity contribution is 7.92. The number of fused-ring (bicyclic) bond motifs is 3. The summed E-state index contributed by atoms with van der Waals surface area (Å²) in [4.78, 5) is 69.0. The predicted molar refractivity (Wildman–Crippen MR) is 186 cm³/mol. The number of nitrogens with zero attached hydrogens (tertiary/aromatic N) is 1. The van der Waals surface area contributed by atoms with Gasteiger partial charge in [0, 0.05) is 6.54 Å². The Labute approximate surface area is 292 Å². The lowest BCUT2D eigenvalue weighted by Gasteiger charge is -2.41. The minimum Gasteiger partial charge on any atom is -0.363 e. The molecule has 1 saturated heterocycles. The molecule has 13 heteroatoms. The van der Waals surface area contributed by atoms with E-state index >= 15 is 0 Å². The molecule has 5 N–H and O–H groups in total. The lowest BCUT2D eigenvalue weighted by atomic mass is 9.80. The second-order valence-electron chi connectivity index (χ2n) is 17.9. The van der Waals surface area contributed by atoms with Crippen LogP contribution in [0.2, 0.25) is 0 Å². The van der Waals surface area contributed by atoms with E-state index in [-0.39, 0.29) is 34.8 Å². The van der Waals surface area contributed by atoms with Crippen LogP contribution in [-0.4, -0.2) is 83.6 Å². The van der Waals surface area contributed by atoms with Crippen LogP contribution in [-0.2, 0) is 29.0 Å². The number of nitrogens with one attached hydrogen (secondary N) is 3. The monoisotopic (exact) mass is 705 g/mol. The molecule has 1 aliphatic heterocycles. The van der Waals surface area contributed by atoms with Crippen molar-refractivity contribution in [1.29, 1.82) is 0 Å². The number of sulfone groups is 1. The van der Waals surface area contributed by atoms with Crippen LogP contribution < -0.4 is 21.7 Å². The van der Waals surface area contributed by atoms with Crippen LogP contribution in [0.4, 0.5) is 4.79 Å². The minimum absolute atomic E-state index is 0.0100. The highest BCUT2D eigenvalue weighted by Crippen LogP contribution is 2.72. The largest absolute Gasteiger partial charge is 0.363 e. The average molecular weight is 706 g/mol. The second kappa shape index (κ2) is 13.5. The first kappa shape index (κ1) is 37.6. The van der Waals surface area contributed by atoms with Gasteiger partial charge in [-0.05, 0) is 81.5 Å². The fourth-order valence-electron chi connectivity index (χ4n) is 9.29. The van der Waals surface area contributed by atoms with Crippen LogP contribution in [0.1, 0.15) is 125 Å². The van der Waals surface area contributed by atoms with Gasteiger partial charge in [0.15, 0.2) is 9.84 Å². The summed E-state index contributed by atoms with van der Waals surface area (Å²) in [5, 5.41) is 8.79. The van der Waals surface area contributed by atoms with E-state index in [1.807, 2.05) is 20.8 Å². The molecule has 276 valence electrons. The van der Waals surface area contributed by atoms with Crippen LogP contribution in [0.3, 0.4) is 0 Å². The van der Waals surface area contributed by atoms with Crippen LogP contribution in [0.5, 0.6) is 0 Å². The molecule has 0 aromatic heterocycles. The van der Waals surface area contributed by atoms with E-state index in [1.54, 1.807) is 25.7 Å². The Morgan fingerprint density at radius 3 is 1.96 bits per heavy atom. The number of amides is 5. The maximum absolute atomic E-state index is 14.6. The third-order valence-electron chi connectivity index (χ3n) is 12.5. The fraction of sp³-hybridized carbons (Fsp3) is 0.861. The van der Waals surface area contributed by atoms with Crippen molar-refractivity contribution >= 4 is 39.4 Å². The van der Waals surface area contributed by atoms with E-state index in [0.717, 1.165) is 64.2 Å². The van der Waals surface area contributed by atoms with Crippen LogP contribution >= 0.6 is 0 Å². The van der Waals surface area contributed by atoms with E-state index in [4.69, 9.17) is 5.73 Å². The number of nitrogens with two attached hydrogens (primary N) is 1.